The number of rotatable bonds is 6. The van der Waals surface area contributed by atoms with Crippen LogP contribution >= 0.6 is 11.6 Å². The van der Waals surface area contributed by atoms with Gasteiger partial charge in [-0.05, 0) is 55.3 Å². The van der Waals surface area contributed by atoms with Crippen molar-refractivity contribution in [3.05, 3.63) is 58.6 Å². The molecule has 0 amide bonds. The zero-order valence-corrected chi connectivity index (χ0v) is 13.0. The van der Waals surface area contributed by atoms with Gasteiger partial charge in [0.2, 0.25) is 0 Å². The van der Waals surface area contributed by atoms with Crippen molar-refractivity contribution < 1.29 is 9.84 Å². The molecule has 4 heteroatoms. The van der Waals surface area contributed by atoms with Crippen LogP contribution in [0.3, 0.4) is 0 Å². The maximum absolute atomic E-state index is 9.95. The van der Waals surface area contributed by atoms with Gasteiger partial charge in [0, 0.05) is 17.3 Å². The van der Waals surface area contributed by atoms with E-state index in [9.17, 15) is 5.11 Å². The number of benzene rings is 2. The second kappa shape index (κ2) is 7.34. The standard InChI is InChI=1S/C17H20ClNO2/c1-12-4-3-5-14(8-12)19-10-15(20)11-21-16-6-7-17(18)13(2)9-16/h3-9,15,19-20H,10-11H2,1-2H3. The summed E-state index contributed by atoms with van der Waals surface area (Å²) in [5.74, 6) is 0.714. The summed E-state index contributed by atoms with van der Waals surface area (Å²) in [7, 11) is 0. The third-order valence-electron chi connectivity index (χ3n) is 3.13. The summed E-state index contributed by atoms with van der Waals surface area (Å²) < 4.78 is 5.57. The molecule has 0 aliphatic rings. The van der Waals surface area contributed by atoms with Gasteiger partial charge in [0.15, 0.2) is 0 Å². The Morgan fingerprint density at radius 3 is 2.71 bits per heavy atom. The van der Waals surface area contributed by atoms with Gasteiger partial charge in [-0.25, -0.2) is 0 Å². The second-order valence-electron chi connectivity index (χ2n) is 5.13. The molecule has 1 atom stereocenters. The number of aliphatic hydroxyl groups is 1. The zero-order chi connectivity index (χ0) is 15.2. The SMILES string of the molecule is Cc1cccc(NCC(O)COc2ccc(Cl)c(C)c2)c1. The van der Waals surface area contributed by atoms with Crippen LogP contribution in [0.2, 0.25) is 5.02 Å². The van der Waals surface area contributed by atoms with Crippen molar-refractivity contribution in [1.82, 2.24) is 0 Å². The fraction of sp³-hybridized carbons (Fsp3) is 0.294. The van der Waals surface area contributed by atoms with Crippen molar-refractivity contribution in [3.8, 4) is 5.75 Å². The number of hydrogen-bond donors (Lipinski definition) is 2. The van der Waals surface area contributed by atoms with Gasteiger partial charge in [-0.1, -0.05) is 23.7 Å². The highest BCUT2D eigenvalue weighted by molar-refractivity contribution is 6.31. The van der Waals surface area contributed by atoms with Crippen LogP contribution in [0, 0.1) is 13.8 Å². The minimum atomic E-state index is -0.582. The zero-order valence-electron chi connectivity index (χ0n) is 12.3. The second-order valence-corrected chi connectivity index (χ2v) is 5.53. The van der Waals surface area contributed by atoms with Gasteiger partial charge in [0.1, 0.15) is 18.5 Å². The van der Waals surface area contributed by atoms with E-state index in [0.717, 1.165) is 11.3 Å². The first-order valence-electron chi connectivity index (χ1n) is 6.92. The van der Waals surface area contributed by atoms with Crippen LogP contribution in [0.1, 0.15) is 11.1 Å². The normalized spacial score (nSPS) is 12.0. The number of aliphatic hydroxyl groups excluding tert-OH is 1. The molecule has 0 aliphatic carbocycles. The van der Waals surface area contributed by atoms with Crippen LogP contribution in [0.4, 0.5) is 5.69 Å². The Kier molecular flexibility index (Phi) is 5.48. The van der Waals surface area contributed by atoms with E-state index in [-0.39, 0.29) is 6.61 Å². The quantitative estimate of drug-likeness (QED) is 0.853. The van der Waals surface area contributed by atoms with Gasteiger partial charge in [0.05, 0.1) is 0 Å². The highest BCUT2D eigenvalue weighted by atomic mass is 35.5. The summed E-state index contributed by atoms with van der Waals surface area (Å²) in [6.45, 7) is 4.63. The number of aryl methyl sites for hydroxylation is 2. The number of hydrogen-bond acceptors (Lipinski definition) is 3. The minimum Gasteiger partial charge on any atom is -0.491 e. The van der Waals surface area contributed by atoms with Gasteiger partial charge >= 0.3 is 0 Å². The molecule has 2 aromatic carbocycles. The van der Waals surface area contributed by atoms with Crippen LogP contribution < -0.4 is 10.1 Å². The summed E-state index contributed by atoms with van der Waals surface area (Å²) in [6.07, 6.45) is -0.582. The van der Waals surface area contributed by atoms with E-state index in [0.29, 0.717) is 17.3 Å². The molecular weight excluding hydrogens is 286 g/mol. The molecule has 2 rings (SSSR count). The fourth-order valence-electron chi connectivity index (χ4n) is 1.95. The van der Waals surface area contributed by atoms with Crippen LogP contribution in [0.15, 0.2) is 42.5 Å². The molecule has 0 fully saturated rings. The van der Waals surface area contributed by atoms with Crippen molar-refractivity contribution in [3.63, 3.8) is 0 Å². The van der Waals surface area contributed by atoms with E-state index >= 15 is 0 Å². The lowest BCUT2D eigenvalue weighted by Gasteiger charge is -2.14. The molecule has 112 valence electrons. The van der Waals surface area contributed by atoms with E-state index in [2.05, 4.69) is 5.32 Å². The Morgan fingerprint density at radius 2 is 2.00 bits per heavy atom. The average molecular weight is 306 g/mol. The summed E-state index contributed by atoms with van der Waals surface area (Å²) in [5.41, 5.74) is 3.14. The smallest absolute Gasteiger partial charge is 0.119 e. The Bertz CT molecular complexity index is 601. The van der Waals surface area contributed by atoms with Gasteiger partial charge in [-0.15, -0.1) is 0 Å². The first-order valence-corrected chi connectivity index (χ1v) is 7.30. The number of anilines is 1. The highest BCUT2D eigenvalue weighted by Gasteiger charge is 2.06. The third-order valence-corrected chi connectivity index (χ3v) is 3.56. The molecule has 0 saturated carbocycles. The molecule has 2 aromatic rings. The van der Waals surface area contributed by atoms with E-state index in [4.69, 9.17) is 16.3 Å². The fourth-order valence-corrected chi connectivity index (χ4v) is 2.07. The lowest BCUT2D eigenvalue weighted by Crippen LogP contribution is -2.26. The Balaban J connectivity index is 1.79. The van der Waals surface area contributed by atoms with Crippen LogP contribution in [-0.4, -0.2) is 24.4 Å². The monoisotopic (exact) mass is 305 g/mol. The molecule has 0 aromatic heterocycles. The Morgan fingerprint density at radius 1 is 1.19 bits per heavy atom. The summed E-state index contributed by atoms with van der Waals surface area (Å²) in [6, 6.07) is 13.5. The first-order chi connectivity index (χ1) is 10.0. The van der Waals surface area contributed by atoms with Crippen LogP contribution in [0.25, 0.3) is 0 Å². The number of ether oxygens (including phenoxy) is 1. The Hall–Kier alpha value is -1.71. The summed E-state index contributed by atoms with van der Waals surface area (Å²) in [4.78, 5) is 0. The minimum absolute atomic E-state index is 0.236. The van der Waals surface area contributed by atoms with Crippen molar-refractivity contribution in [2.24, 2.45) is 0 Å². The molecule has 0 heterocycles. The molecule has 0 spiro atoms. The maximum Gasteiger partial charge on any atom is 0.119 e. The summed E-state index contributed by atoms with van der Waals surface area (Å²) >= 11 is 5.96. The molecule has 0 aliphatic heterocycles. The lowest BCUT2D eigenvalue weighted by atomic mass is 10.2. The molecule has 1 unspecified atom stereocenters. The van der Waals surface area contributed by atoms with E-state index in [1.807, 2.05) is 44.2 Å². The summed E-state index contributed by atoms with van der Waals surface area (Å²) in [5, 5.41) is 13.9. The predicted octanol–water partition coefficient (Wildman–Crippen LogP) is 3.81. The van der Waals surface area contributed by atoms with E-state index in [1.165, 1.54) is 5.56 Å². The van der Waals surface area contributed by atoms with Gasteiger partial charge in [-0.2, -0.15) is 0 Å². The first kappa shape index (κ1) is 15.7. The number of nitrogens with one attached hydrogen (secondary N) is 1. The van der Waals surface area contributed by atoms with Gasteiger partial charge < -0.3 is 15.2 Å². The van der Waals surface area contributed by atoms with Crippen LogP contribution in [-0.2, 0) is 0 Å². The molecule has 0 bridgehead atoms. The highest BCUT2D eigenvalue weighted by Crippen LogP contribution is 2.21. The lowest BCUT2D eigenvalue weighted by molar-refractivity contribution is 0.117. The predicted molar refractivity (Wildman–Crippen MR) is 87.4 cm³/mol. The average Bonchev–Trinajstić information content (AvgIpc) is 2.46. The molecule has 0 saturated heterocycles. The molecule has 3 nitrogen and oxygen atoms in total. The molecular formula is C17H20ClNO2. The molecule has 2 N–H and O–H groups in total. The Labute approximate surface area is 130 Å². The number of halogens is 1. The van der Waals surface area contributed by atoms with Crippen molar-refractivity contribution in [2.75, 3.05) is 18.5 Å². The maximum atomic E-state index is 9.95. The molecule has 21 heavy (non-hydrogen) atoms. The van der Waals surface area contributed by atoms with Crippen LogP contribution in [0.5, 0.6) is 5.75 Å². The van der Waals surface area contributed by atoms with Gasteiger partial charge in [-0.3, -0.25) is 0 Å². The third kappa shape index (κ3) is 4.96. The van der Waals surface area contributed by atoms with Crippen molar-refractivity contribution in [1.29, 1.82) is 0 Å². The van der Waals surface area contributed by atoms with Gasteiger partial charge in [0.25, 0.3) is 0 Å². The van der Waals surface area contributed by atoms with E-state index in [1.54, 1.807) is 12.1 Å². The molecule has 0 radical (unpaired) electrons. The van der Waals surface area contributed by atoms with Crippen molar-refractivity contribution >= 4 is 17.3 Å². The topological polar surface area (TPSA) is 41.5 Å². The van der Waals surface area contributed by atoms with E-state index < -0.39 is 6.10 Å². The van der Waals surface area contributed by atoms with Crippen molar-refractivity contribution in [2.45, 2.75) is 20.0 Å². The largest absolute Gasteiger partial charge is 0.491 e.